The van der Waals surface area contributed by atoms with Gasteiger partial charge in [0.05, 0.1) is 25.0 Å². The van der Waals surface area contributed by atoms with Crippen molar-refractivity contribution >= 4 is 0 Å². The van der Waals surface area contributed by atoms with E-state index in [0.717, 1.165) is 17.0 Å². The summed E-state index contributed by atoms with van der Waals surface area (Å²) < 4.78 is 5.18. The van der Waals surface area contributed by atoms with Crippen LogP contribution in [0.2, 0.25) is 0 Å². The molecular weight excluding hydrogens is 250 g/mol. The number of nitrogens with zero attached hydrogens (tertiary/aromatic N) is 3. The normalized spacial score (nSPS) is 16.2. The largest absolute Gasteiger partial charge is 0.377 e. The van der Waals surface area contributed by atoms with Crippen molar-refractivity contribution in [2.45, 2.75) is 19.3 Å². The van der Waals surface area contributed by atoms with E-state index in [-0.39, 0.29) is 0 Å². The van der Waals surface area contributed by atoms with Crippen molar-refractivity contribution in [1.29, 1.82) is 5.26 Å². The lowest BCUT2D eigenvalue weighted by atomic mass is 9.86. The van der Waals surface area contributed by atoms with Crippen LogP contribution >= 0.6 is 0 Å². The maximum atomic E-state index is 9.37. The third-order valence-electron chi connectivity index (χ3n) is 3.54. The predicted molar refractivity (Wildman–Crippen MR) is 75.1 cm³/mol. The molecule has 1 saturated heterocycles. The molecule has 2 aromatic rings. The molecule has 0 atom stereocenters. The van der Waals surface area contributed by atoms with Crippen LogP contribution in [0.3, 0.4) is 0 Å². The van der Waals surface area contributed by atoms with Crippen LogP contribution in [-0.4, -0.2) is 23.2 Å². The fraction of sp³-hybridized carbons (Fsp3) is 0.312. The summed E-state index contributed by atoms with van der Waals surface area (Å²) in [5.41, 5.74) is 3.29. The number of hydrogen-bond acceptors (Lipinski definition) is 4. The Balaban J connectivity index is 2.07. The molecule has 0 saturated carbocycles. The van der Waals surface area contributed by atoms with Crippen LogP contribution in [-0.2, 0) is 10.2 Å². The Morgan fingerprint density at radius 3 is 2.40 bits per heavy atom. The van der Waals surface area contributed by atoms with Crippen LogP contribution in [0.4, 0.5) is 0 Å². The van der Waals surface area contributed by atoms with E-state index in [0.29, 0.717) is 19.0 Å². The first-order chi connectivity index (χ1) is 9.63. The number of ether oxygens (including phenoxy) is 1. The van der Waals surface area contributed by atoms with E-state index in [4.69, 9.17) is 4.74 Å². The number of aryl methyl sites for hydroxylation is 2. The average Bonchev–Trinajstić information content (AvgIpc) is 2.38. The van der Waals surface area contributed by atoms with Gasteiger partial charge in [0.15, 0.2) is 11.2 Å². The zero-order chi connectivity index (χ0) is 14.2. The molecule has 20 heavy (non-hydrogen) atoms. The second-order valence-electron chi connectivity index (χ2n) is 5.27. The van der Waals surface area contributed by atoms with Crippen molar-refractivity contribution in [2.75, 3.05) is 13.2 Å². The molecule has 0 bridgehead atoms. The van der Waals surface area contributed by atoms with Crippen molar-refractivity contribution in [3.05, 3.63) is 47.4 Å². The molecule has 0 unspecified atom stereocenters. The van der Waals surface area contributed by atoms with E-state index in [1.54, 1.807) is 0 Å². The van der Waals surface area contributed by atoms with Gasteiger partial charge in [0.1, 0.15) is 0 Å². The highest BCUT2D eigenvalue weighted by atomic mass is 16.5. The van der Waals surface area contributed by atoms with Crippen LogP contribution in [0, 0.1) is 25.2 Å². The highest BCUT2D eigenvalue weighted by Gasteiger charge is 2.44. The lowest BCUT2D eigenvalue weighted by Crippen LogP contribution is -2.47. The molecule has 1 aliphatic heterocycles. The van der Waals surface area contributed by atoms with Crippen LogP contribution < -0.4 is 0 Å². The second-order valence-corrected chi connectivity index (χ2v) is 5.27. The third-order valence-corrected chi connectivity index (χ3v) is 3.54. The van der Waals surface area contributed by atoms with Gasteiger partial charge >= 0.3 is 0 Å². The van der Waals surface area contributed by atoms with Gasteiger partial charge < -0.3 is 4.74 Å². The lowest BCUT2D eigenvalue weighted by molar-refractivity contribution is -0.0339. The molecule has 1 aromatic carbocycles. The first-order valence-electron chi connectivity index (χ1n) is 6.55. The Labute approximate surface area is 118 Å². The Kier molecular flexibility index (Phi) is 3.00. The van der Waals surface area contributed by atoms with Crippen LogP contribution in [0.1, 0.15) is 17.1 Å². The van der Waals surface area contributed by atoms with Gasteiger partial charge in [-0.05, 0) is 19.9 Å². The molecule has 1 aliphatic rings. The van der Waals surface area contributed by atoms with Gasteiger partial charge in [0.2, 0.25) is 0 Å². The molecule has 0 radical (unpaired) electrons. The van der Waals surface area contributed by atoms with Crippen LogP contribution in [0.15, 0.2) is 30.3 Å². The molecule has 1 fully saturated rings. The smallest absolute Gasteiger partial charge is 0.163 e. The average molecular weight is 265 g/mol. The van der Waals surface area contributed by atoms with Gasteiger partial charge in [-0.1, -0.05) is 29.8 Å². The van der Waals surface area contributed by atoms with E-state index in [2.05, 4.69) is 35.1 Å². The lowest BCUT2D eigenvalue weighted by Gasteiger charge is -2.33. The monoisotopic (exact) mass is 265 g/mol. The first kappa shape index (κ1) is 12.8. The highest BCUT2D eigenvalue weighted by Crippen LogP contribution is 2.30. The number of nitriles is 1. The topological polar surface area (TPSA) is 58.8 Å². The first-order valence-corrected chi connectivity index (χ1v) is 6.55. The van der Waals surface area contributed by atoms with Gasteiger partial charge in [-0.2, -0.15) is 5.26 Å². The molecule has 0 amide bonds. The number of hydrogen-bond donors (Lipinski definition) is 0. The third kappa shape index (κ3) is 2.06. The van der Waals surface area contributed by atoms with Crippen molar-refractivity contribution < 1.29 is 4.74 Å². The highest BCUT2D eigenvalue weighted by molar-refractivity contribution is 5.60. The van der Waals surface area contributed by atoms with E-state index in [1.165, 1.54) is 5.56 Å². The van der Waals surface area contributed by atoms with E-state index < -0.39 is 5.41 Å². The van der Waals surface area contributed by atoms with Crippen molar-refractivity contribution in [1.82, 2.24) is 9.97 Å². The van der Waals surface area contributed by atoms with E-state index in [9.17, 15) is 5.26 Å². The van der Waals surface area contributed by atoms with Crippen LogP contribution in [0.25, 0.3) is 11.3 Å². The molecule has 100 valence electrons. The molecule has 2 heterocycles. The van der Waals surface area contributed by atoms with Gasteiger partial charge in [0, 0.05) is 11.3 Å². The van der Waals surface area contributed by atoms with Gasteiger partial charge in [0.25, 0.3) is 0 Å². The minimum absolute atomic E-state index is 0.375. The minimum atomic E-state index is -0.675. The predicted octanol–water partition coefficient (Wildman–Crippen LogP) is 2.55. The summed E-state index contributed by atoms with van der Waals surface area (Å²) in [6, 6.07) is 12.4. The molecule has 0 aliphatic carbocycles. The van der Waals surface area contributed by atoms with E-state index in [1.807, 2.05) is 25.1 Å². The van der Waals surface area contributed by atoms with Crippen molar-refractivity contribution in [2.24, 2.45) is 0 Å². The molecular formula is C16H15N3O. The molecule has 0 N–H and O–H groups in total. The summed E-state index contributed by atoms with van der Waals surface area (Å²) >= 11 is 0. The fourth-order valence-electron chi connectivity index (χ4n) is 2.20. The summed E-state index contributed by atoms with van der Waals surface area (Å²) in [4.78, 5) is 9.01. The number of rotatable bonds is 2. The minimum Gasteiger partial charge on any atom is -0.377 e. The molecule has 0 spiro atoms. The summed E-state index contributed by atoms with van der Waals surface area (Å²) in [5, 5.41) is 9.37. The Morgan fingerprint density at radius 2 is 1.85 bits per heavy atom. The van der Waals surface area contributed by atoms with Crippen LogP contribution in [0.5, 0.6) is 0 Å². The molecule has 1 aromatic heterocycles. The maximum Gasteiger partial charge on any atom is 0.163 e. The Bertz CT molecular complexity index is 682. The SMILES string of the molecule is Cc1ccc(-c2cc(C)nc(C3(C#N)COC3)n2)cc1. The summed E-state index contributed by atoms with van der Waals surface area (Å²) in [6.45, 7) is 4.73. The van der Waals surface area contributed by atoms with Crippen molar-refractivity contribution in [3.8, 4) is 17.3 Å². The fourth-order valence-corrected chi connectivity index (χ4v) is 2.20. The molecule has 4 nitrogen and oxygen atoms in total. The van der Waals surface area contributed by atoms with Gasteiger partial charge in [-0.3, -0.25) is 0 Å². The Hall–Kier alpha value is -2.25. The number of benzene rings is 1. The quantitative estimate of drug-likeness (QED) is 0.837. The summed E-state index contributed by atoms with van der Waals surface area (Å²) in [6.07, 6.45) is 0. The van der Waals surface area contributed by atoms with Crippen molar-refractivity contribution in [3.63, 3.8) is 0 Å². The standard InChI is InChI=1S/C16H15N3O/c1-11-3-5-13(6-4-11)14-7-12(2)18-15(19-14)16(8-17)9-20-10-16/h3-7H,9-10H2,1-2H3. The summed E-state index contributed by atoms with van der Waals surface area (Å²) in [5.74, 6) is 0.571. The maximum absolute atomic E-state index is 9.37. The zero-order valence-electron chi connectivity index (χ0n) is 11.6. The van der Waals surface area contributed by atoms with Gasteiger partial charge in [-0.25, -0.2) is 9.97 Å². The molecule has 4 heteroatoms. The van der Waals surface area contributed by atoms with Gasteiger partial charge in [-0.15, -0.1) is 0 Å². The number of aromatic nitrogens is 2. The Morgan fingerprint density at radius 1 is 1.15 bits per heavy atom. The van der Waals surface area contributed by atoms with E-state index >= 15 is 0 Å². The molecule has 3 rings (SSSR count). The zero-order valence-corrected chi connectivity index (χ0v) is 11.6. The summed E-state index contributed by atoms with van der Waals surface area (Å²) in [7, 11) is 0. The second kappa shape index (κ2) is 4.69.